The predicted octanol–water partition coefficient (Wildman–Crippen LogP) is 22.5. The fourth-order valence-corrected chi connectivity index (χ4v) is 13.3. The minimum absolute atomic E-state index is 0.106. The summed E-state index contributed by atoms with van der Waals surface area (Å²) in [6.45, 7) is 7.25. The molecule has 0 aromatic heterocycles. The van der Waals surface area contributed by atoms with E-state index in [1.165, 1.54) is 212 Å². The molecule has 19 heteroatoms. The van der Waals surface area contributed by atoms with Gasteiger partial charge in [0.1, 0.15) is 19.3 Å². The van der Waals surface area contributed by atoms with E-state index in [0.717, 1.165) is 109 Å². The molecule has 0 aromatic rings. The lowest BCUT2D eigenvalue weighted by molar-refractivity contribution is -0.161. The molecule has 0 aliphatic heterocycles. The first kappa shape index (κ1) is 93.1. The Morgan fingerprint density at radius 2 is 0.484 bits per heavy atom. The molecule has 3 N–H and O–H groups in total. The number of esters is 4. The first-order valence-corrected chi connectivity index (χ1v) is 42.6. The molecule has 564 valence electrons. The average Bonchev–Trinajstić information content (AvgIpc) is 2.76. The number of hydrogen-bond donors (Lipinski definition) is 3. The Kier molecular flexibility index (Phi) is 67.7. The number of aliphatic hydroxyl groups excluding tert-OH is 1. The summed E-state index contributed by atoms with van der Waals surface area (Å²) in [4.78, 5) is 72.5. The molecular formula is C76H148O17P2. The van der Waals surface area contributed by atoms with Crippen LogP contribution < -0.4 is 0 Å². The molecule has 0 saturated carbocycles. The standard InChI is InChI=1S/C76H148O17P2/c1-6-9-12-15-18-20-21-22-23-24-25-26-27-28-29-30-35-38-42-47-52-57-62-76(81)93-72(66-87-74(79)60-55-50-45-41-37-34-32-31-33-36-40-44-48-53-58-69(4)5)68-91-95(84,85)89-64-70(77)63-88-94(82,83)90-67-71(65-86-73(78)59-54-49-43-17-14-11-8-3)92-75(80)61-56-51-46-39-19-16-13-10-7-2/h69-72,77H,6-68H2,1-5H3,(H,82,83)(H,84,85)/t70-,71+,72+/m0/s1. The molecule has 0 fully saturated rings. The Balaban J connectivity index is 5.13. The lowest BCUT2D eigenvalue weighted by atomic mass is 10.0. The molecule has 0 aromatic carbocycles. The first-order chi connectivity index (χ1) is 46.0. The normalized spacial score (nSPS) is 13.9. The van der Waals surface area contributed by atoms with Gasteiger partial charge in [-0.1, -0.05) is 349 Å². The zero-order valence-corrected chi connectivity index (χ0v) is 63.6. The van der Waals surface area contributed by atoms with Crippen molar-refractivity contribution in [2.45, 2.75) is 419 Å². The molecule has 2 unspecified atom stereocenters. The molecule has 0 radical (unpaired) electrons. The molecule has 5 atom stereocenters. The third-order valence-corrected chi connectivity index (χ3v) is 19.7. The molecule has 0 rings (SSSR count). The van der Waals surface area contributed by atoms with Gasteiger partial charge in [0, 0.05) is 25.7 Å². The van der Waals surface area contributed by atoms with Crippen LogP contribution in [0.15, 0.2) is 0 Å². The number of carbonyl (C=O) groups excluding carboxylic acids is 4. The van der Waals surface area contributed by atoms with Crippen LogP contribution in [0.4, 0.5) is 0 Å². The maximum atomic E-state index is 13.1. The van der Waals surface area contributed by atoms with E-state index in [1.54, 1.807) is 0 Å². The molecule has 0 aliphatic carbocycles. The number of phosphoric ester groups is 2. The summed E-state index contributed by atoms with van der Waals surface area (Å²) in [6.07, 6.45) is 58.7. The number of hydrogen-bond acceptors (Lipinski definition) is 15. The Morgan fingerprint density at radius 1 is 0.284 bits per heavy atom. The Morgan fingerprint density at radius 3 is 0.716 bits per heavy atom. The van der Waals surface area contributed by atoms with Gasteiger partial charge in [0.15, 0.2) is 12.2 Å². The van der Waals surface area contributed by atoms with Crippen LogP contribution in [0.2, 0.25) is 0 Å². The highest BCUT2D eigenvalue weighted by Gasteiger charge is 2.30. The second kappa shape index (κ2) is 69.2. The van der Waals surface area contributed by atoms with E-state index in [9.17, 15) is 43.2 Å². The monoisotopic (exact) mass is 1400 g/mol. The van der Waals surface area contributed by atoms with E-state index in [0.29, 0.717) is 25.7 Å². The van der Waals surface area contributed by atoms with Crippen molar-refractivity contribution in [2.24, 2.45) is 5.92 Å². The fraction of sp³-hybridized carbons (Fsp3) is 0.947. The summed E-state index contributed by atoms with van der Waals surface area (Å²) in [5.74, 6) is -1.32. The summed E-state index contributed by atoms with van der Waals surface area (Å²) in [5.41, 5.74) is 0. The van der Waals surface area contributed by atoms with Crippen LogP contribution in [0.5, 0.6) is 0 Å². The topological polar surface area (TPSA) is 237 Å². The van der Waals surface area contributed by atoms with Gasteiger partial charge in [-0.15, -0.1) is 0 Å². The third kappa shape index (κ3) is 70.3. The Labute approximate surface area is 581 Å². The number of carbonyl (C=O) groups is 4. The second-order valence-corrected chi connectivity index (χ2v) is 30.8. The van der Waals surface area contributed by atoms with Crippen molar-refractivity contribution in [3.63, 3.8) is 0 Å². The first-order valence-electron chi connectivity index (χ1n) is 39.6. The molecule has 0 heterocycles. The van der Waals surface area contributed by atoms with Crippen LogP contribution in [0.3, 0.4) is 0 Å². The lowest BCUT2D eigenvalue weighted by Gasteiger charge is -2.21. The predicted molar refractivity (Wildman–Crippen MR) is 386 cm³/mol. The van der Waals surface area contributed by atoms with Crippen molar-refractivity contribution in [2.75, 3.05) is 39.6 Å². The van der Waals surface area contributed by atoms with Crippen molar-refractivity contribution in [1.82, 2.24) is 0 Å². The molecule has 0 spiro atoms. The van der Waals surface area contributed by atoms with Gasteiger partial charge in [-0.05, 0) is 31.6 Å². The zero-order valence-electron chi connectivity index (χ0n) is 61.8. The number of phosphoric acid groups is 2. The number of rotatable bonds is 76. The van der Waals surface area contributed by atoms with Gasteiger partial charge < -0.3 is 33.8 Å². The number of ether oxygens (including phenoxy) is 4. The van der Waals surface area contributed by atoms with Crippen molar-refractivity contribution in [3.8, 4) is 0 Å². The summed E-state index contributed by atoms with van der Waals surface area (Å²) >= 11 is 0. The highest BCUT2D eigenvalue weighted by Crippen LogP contribution is 2.45. The quantitative estimate of drug-likeness (QED) is 0.0222. The van der Waals surface area contributed by atoms with Crippen LogP contribution in [0.25, 0.3) is 0 Å². The zero-order chi connectivity index (χ0) is 69.8. The van der Waals surface area contributed by atoms with Crippen molar-refractivity contribution < 1.29 is 80.2 Å². The van der Waals surface area contributed by atoms with Crippen LogP contribution in [-0.2, 0) is 65.4 Å². The van der Waals surface area contributed by atoms with Gasteiger partial charge in [-0.2, -0.15) is 0 Å². The highest BCUT2D eigenvalue weighted by atomic mass is 31.2. The van der Waals surface area contributed by atoms with Crippen LogP contribution >= 0.6 is 15.6 Å². The van der Waals surface area contributed by atoms with E-state index in [2.05, 4.69) is 34.6 Å². The fourth-order valence-electron chi connectivity index (χ4n) is 11.7. The van der Waals surface area contributed by atoms with E-state index in [-0.39, 0.29) is 25.7 Å². The highest BCUT2D eigenvalue weighted by molar-refractivity contribution is 7.47. The van der Waals surface area contributed by atoms with Gasteiger partial charge in [0.05, 0.1) is 26.4 Å². The van der Waals surface area contributed by atoms with E-state index < -0.39 is 97.5 Å². The largest absolute Gasteiger partial charge is 0.472 e. The van der Waals surface area contributed by atoms with Crippen molar-refractivity contribution in [3.05, 3.63) is 0 Å². The molecular weight excluding hydrogens is 1250 g/mol. The summed E-state index contributed by atoms with van der Waals surface area (Å²) < 4.78 is 68.3. The number of aliphatic hydroxyl groups is 1. The minimum Gasteiger partial charge on any atom is -0.462 e. The maximum Gasteiger partial charge on any atom is 0.472 e. The summed E-state index contributed by atoms with van der Waals surface area (Å²) in [7, 11) is -9.90. The Hall–Kier alpha value is -1.94. The minimum atomic E-state index is -4.96. The Bertz CT molecular complexity index is 1820. The molecule has 0 bridgehead atoms. The van der Waals surface area contributed by atoms with Gasteiger partial charge in [0.25, 0.3) is 0 Å². The van der Waals surface area contributed by atoms with Gasteiger partial charge >= 0.3 is 39.5 Å². The third-order valence-electron chi connectivity index (χ3n) is 17.8. The maximum absolute atomic E-state index is 13.1. The second-order valence-electron chi connectivity index (χ2n) is 27.9. The van der Waals surface area contributed by atoms with Crippen LogP contribution in [0, 0.1) is 5.92 Å². The van der Waals surface area contributed by atoms with E-state index in [4.69, 9.17) is 37.0 Å². The molecule has 17 nitrogen and oxygen atoms in total. The van der Waals surface area contributed by atoms with Crippen LogP contribution in [-0.4, -0.2) is 96.7 Å². The van der Waals surface area contributed by atoms with E-state index >= 15 is 0 Å². The molecule has 0 amide bonds. The molecule has 0 saturated heterocycles. The van der Waals surface area contributed by atoms with Crippen molar-refractivity contribution in [1.29, 1.82) is 0 Å². The van der Waals surface area contributed by atoms with Gasteiger partial charge in [-0.3, -0.25) is 37.3 Å². The summed E-state index contributed by atoms with van der Waals surface area (Å²) in [6, 6.07) is 0. The average molecular weight is 1400 g/mol. The summed E-state index contributed by atoms with van der Waals surface area (Å²) in [5, 5.41) is 10.6. The smallest absolute Gasteiger partial charge is 0.462 e. The molecule has 0 aliphatic rings. The van der Waals surface area contributed by atoms with Gasteiger partial charge in [0.2, 0.25) is 0 Å². The van der Waals surface area contributed by atoms with Gasteiger partial charge in [-0.25, -0.2) is 9.13 Å². The van der Waals surface area contributed by atoms with E-state index in [1.807, 2.05) is 0 Å². The molecule has 95 heavy (non-hydrogen) atoms. The van der Waals surface area contributed by atoms with Crippen molar-refractivity contribution >= 4 is 39.5 Å². The number of unbranched alkanes of at least 4 members (excludes halogenated alkanes) is 48. The van der Waals surface area contributed by atoms with Crippen LogP contribution in [0.1, 0.15) is 401 Å². The SMILES string of the molecule is CCCCCCCCCCCCCCCCCCCCCCCCC(=O)O[C@H](COC(=O)CCCCCCCCCCCCCCCCC(C)C)COP(=O)(O)OC[C@@H](O)COP(=O)(O)OC[C@@H](COC(=O)CCCCCCCCC)OC(=O)CCCCCCCCCCC. The lowest BCUT2D eigenvalue weighted by Crippen LogP contribution is -2.30.